The average molecular weight is 395 g/mol. The summed E-state index contributed by atoms with van der Waals surface area (Å²) in [5.74, 6) is 1.16. The Balaban J connectivity index is 1.48. The van der Waals surface area contributed by atoms with E-state index in [0.29, 0.717) is 32.7 Å². The predicted molar refractivity (Wildman–Crippen MR) is 104 cm³/mol. The first-order valence-electron chi connectivity index (χ1n) is 8.80. The Morgan fingerprint density at radius 1 is 1.31 bits per heavy atom. The molecule has 3 rings (SSSR count). The van der Waals surface area contributed by atoms with E-state index in [-0.39, 0.29) is 17.8 Å². The summed E-state index contributed by atoms with van der Waals surface area (Å²) in [5.41, 5.74) is 0.360. The molecule has 1 heterocycles. The quantitative estimate of drug-likeness (QED) is 0.709. The van der Waals surface area contributed by atoms with Crippen molar-refractivity contribution in [3.8, 4) is 0 Å². The minimum absolute atomic E-state index is 0.0276. The zero-order valence-corrected chi connectivity index (χ0v) is 16.5. The van der Waals surface area contributed by atoms with E-state index < -0.39 is 0 Å². The molecule has 1 aromatic carbocycles. The minimum atomic E-state index is -0.341. The monoisotopic (exact) mass is 394 g/mol. The Morgan fingerprint density at radius 2 is 2.12 bits per heavy atom. The van der Waals surface area contributed by atoms with Crippen LogP contribution in [0.1, 0.15) is 33.1 Å². The van der Waals surface area contributed by atoms with Crippen LogP contribution in [0.3, 0.4) is 0 Å². The van der Waals surface area contributed by atoms with E-state index in [1.54, 1.807) is 18.2 Å². The van der Waals surface area contributed by atoms with E-state index >= 15 is 0 Å². The number of carbonyl (C=O) groups is 1. The summed E-state index contributed by atoms with van der Waals surface area (Å²) >= 11 is 2.66. The number of aromatic nitrogens is 2. The smallest absolute Gasteiger partial charge is 0.230 e. The lowest BCUT2D eigenvalue weighted by Crippen LogP contribution is -2.44. The zero-order chi connectivity index (χ0) is 18.5. The fraction of sp³-hybridized carbons (Fsp3) is 0.500. The lowest BCUT2D eigenvalue weighted by atomic mass is 9.78. The fourth-order valence-corrected chi connectivity index (χ4v) is 4.73. The molecular weight excluding hydrogens is 371 g/mol. The highest BCUT2D eigenvalue weighted by molar-refractivity contribution is 8.01. The summed E-state index contributed by atoms with van der Waals surface area (Å²) in [5, 5.41) is 14.6. The van der Waals surface area contributed by atoms with Gasteiger partial charge in [-0.1, -0.05) is 61.9 Å². The topological polar surface area (TPSA) is 66.9 Å². The molecule has 1 aliphatic rings. The van der Waals surface area contributed by atoms with Crippen molar-refractivity contribution in [3.05, 3.63) is 30.1 Å². The molecule has 26 heavy (non-hydrogen) atoms. The largest absolute Gasteiger partial charge is 0.352 e. The number of anilines is 2. The van der Waals surface area contributed by atoms with Gasteiger partial charge in [0.15, 0.2) is 4.34 Å². The van der Waals surface area contributed by atoms with E-state index in [1.807, 2.05) is 0 Å². The molecular formula is C18H23FN4OS2. The van der Waals surface area contributed by atoms with E-state index in [0.717, 1.165) is 6.42 Å². The molecule has 0 bridgehead atoms. The molecule has 1 saturated carbocycles. The molecule has 1 fully saturated rings. The molecule has 0 spiro atoms. The number of amides is 1. The lowest BCUT2D eigenvalue weighted by molar-refractivity contribution is -0.119. The summed E-state index contributed by atoms with van der Waals surface area (Å²) in [7, 11) is 0. The molecule has 3 atom stereocenters. The number of benzene rings is 1. The molecule has 2 aromatic rings. The molecule has 1 aliphatic carbocycles. The highest BCUT2D eigenvalue weighted by Crippen LogP contribution is 2.30. The number of nitrogens with zero attached hydrogens (tertiary/aromatic N) is 2. The first kappa shape index (κ1) is 19.1. The summed E-state index contributed by atoms with van der Waals surface area (Å²) in [6.45, 7) is 4.47. The first-order chi connectivity index (χ1) is 12.5. The van der Waals surface area contributed by atoms with Crippen molar-refractivity contribution in [2.75, 3.05) is 11.1 Å². The van der Waals surface area contributed by atoms with Crippen molar-refractivity contribution in [1.29, 1.82) is 0 Å². The Labute approximate surface area is 161 Å². The van der Waals surface area contributed by atoms with Gasteiger partial charge in [0.05, 0.1) is 11.4 Å². The zero-order valence-electron chi connectivity index (χ0n) is 14.9. The first-order valence-corrected chi connectivity index (χ1v) is 10.6. The third kappa shape index (κ3) is 4.94. The van der Waals surface area contributed by atoms with Crippen LogP contribution in [0.25, 0.3) is 0 Å². The van der Waals surface area contributed by atoms with Crippen molar-refractivity contribution >= 4 is 39.8 Å². The summed E-state index contributed by atoms with van der Waals surface area (Å²) in [4.78, 5) is 12.2. The van der Waals surface area contributed by atoms with Gasteiger partial charge < -0.3 is 10.6 Å². The predicted octanol–water partition coefficient (Wildman–Crippen LogP) is 4.45. The second-order valence-electron chi connectivity index (χ2n) is 6.71. The van der Waals surface area contributed by atoms with E-state index in [1.165, 1.54) is 42.0 Å². The van der Waals surface area contributed by atoms with Gasteiger partial charge in [-0.2, -0.15) is 0 Å². The molecule has 1 amide bonds. The van der Waals surface area contributed by atoms with E-state index in [2.05, 4.69) is 34.7 Å². The summed E-state index contributed by atoms with van der Waals surface area (Å²) < 4.78 is 14.3. The molecule has 0 saturated heterocycles. The van der Waals surface area contributed by atoms with Crippen molar-refractivity contribution in [1.82, 2.24) is 15.5 Å². The Bertz CT molecular complexity index is 754. The number of para-hydroxylation sites is 1. The van der Waals surface area contributed by atoms with Gasteiger partial charge in [0.1, 0.15) is 5.82 Å². The van der Waals surface area contributed by atoms with Crippen LogP contribution < -0.4 is 10.6 Å². The van der Waals surface area contributed by atoms with Gasteiger partial charge in [0, 0.05) is 6.04 Å². The second kappa shape index (κ2) is 8.81. The van der Waals surface area contributed by atoms with Crippen LogP contribution in [0.4, 0.5) is 15.2 Å². The van der Waals surface area contributed by atoms with Gasteiger partial charge in [-0.3, -0.25) is 4.79 Å². The molecule has 2 N–H and O–H groups in total. The van der Waals surface area contributed by atoms with Gasteiger partial charge in [-0.05, 0) is 30.4 Å². The molecule has 8 heteroatoms. The maximum Gasteiger partial charge on any atom is 0.230 e. The Morgan fingerprint density at radius 3 is 2.92 bits per heavy atom. The Kier molecular flexibility index (Phi) is 6.48. The third-order valence-corrected chi connectivity index (χ3v) is 6.87. The van der Waals surface area contributed by atoms with E-state index in [9.17, 15) is 9.18 Å². The SMILES string of the molecule is CC1CCCC(NC(=O)CSc2nnc(Nc3ccccc3F)s2)C1C. The maximum atomic E-state index is 13.7. The van der Waals surface area contributed by atoms with Crippen LogP contribution in [0, 0.1) is 17.7 Å². The van der Waals surface area contributed by atoms with Crippen molar-refractivity contribution in [2.24, 2.45) is 11.8 Å². The van der Waals surface area contributed by atoms with Gasteiger partial charge >= 0.3 is 0 Å². The standard InChI is InChI=1S/C18H23FN4OS2/c1-11-6-5-9-14(12(11)2)20-16(24)10-25-18-23-22-17(26-18)21-15-8-4-3-7-13(15)19/h3-4,7-8,11-12,14H,5-6,9-10H2,1-2H3,(H,20,24)(H,21,22). The molecule has 0 aliphatic heterocycles. The van der Waals surface area contributed by atoms with Crippen LogP contribution in [0.2, 0.25) is 0 Å². The number of carbonyl (C=O) groups excluding carboxylic acids is 1. The minimum Gasteiger partial charge on any atom is -0.352 e. The maximum absolute atomic E-state index is 13.7. The van der Waals surface area contributed by atoms with Crippen LogP contribution in [0.5, 0.6) is 0 Å². The number of rotatable bonds is 6. The van der Waals surface area contributed by atoms with Crippen molar-refractivity contribution in [2.45, 2.75) is 43.5 Å². The average Bonchev–Trinajstić information content (AvgIpc) is 3.07. The van der Waals surface area contributed by atoms with Gasteiger partial charge in [-0.25, -0.2) is 4.39 Å². The lowest BCUT2D eigenvalue weighted by Gasteiger charge is -2.34. The number of hydrogen-bond donors (Lipinski definition) is 2. The second-order valence-corrected chi connectivity index (χ2v) is 8.91. The van der Waals surface area contributed by atoms with Crippen LogP contribution in [0.15, 0.2) is 28.6 Å². The van der Waals surface area contributed by atoms with Gasteiger partial charge in [0.2, 0.25) is 11.0 Å². The fourth-order valence-electron chi connectivity index (χ4n) is 3.16. The molecule has 1 aromatic heterocycles. The van der Waals surface area contributed by atoms with Crippen LogP contribution in [-0.4, -0.2) is 27.9 Å². The number of halogens is 1. The highest BCUT2D eigenvalue weighted by atomic mass is 32.2. The molecule has 5 nitrogen and oxygen atoms in total. The molecule has 140 valence electrons. The number of nitrogens with one attached hydrogen (secondary N) is 2. The number of thioether (sulfide) groups is 1. The van der Waals surface area contributed by atoms with Gasteiger partial charge in [-0.15, -0.1) is 10.2 Å². The van der Waals surface area contributed by atoms with Crippen LogP contribution >= 0.6 is 23.1 Å². The molecule has 0 radical (unpaired) electrons. The third-order valence-electron chi connectivity index (χ3n) is 4.90. The van der Waals surface area contributed by atoms with Crippen molar-refractivity contribution in [3.63, 3.8) is 0 Å². The summed E-state index contributed by atoms with van der Waals surface area (Å²) in [6, 6.07) is 6.67. The van der Waals surface area contributed by atoms with Gasteiger partial charge in [0.25, 0.3) is 0 Å². The van der Waals surface area contributed by atoms with E-state index in [4.69, 9.17) is 0 Å². The van der Waals surface area contributed by atoms with Crippen LogP contribution in [-0.2, 0) is 4.79 Å². The Hall–Kier alpha value is -1.67. The summed E-state index contributed by atoms with van der Waals surface area (Å²) in [6.07, 6.45) is 3.47. The normalized spacial score (nSPS) is 22.8. The van der Waals surface area contributed by atoms with Crippen molar-refractivity contribution < 1.29 is 9.18 Å². The highest BCUT2D eigenvalue weighted by Gasteiger charge is 2.28. The molecule has 3 unspecified atom stereocenters. The number of hydrogen-bond acceptors (Lipinski definition) is 6.